The van der Waals surface area contributed by atoms with Crippen LogP contribution < -0.4 is 10.6 Å². The van der Waals surface area contributed by atoms with Crippen molar-refractivity contribution in [1.82, 2.24) is 0 Å². The van der Waals surface area contributed by atoms with Gasteiger partial charge < -0.3 is 10.6 Å². The number of hydrogen-bond acceptors (Lipinski definition) is 2. The zero-order valence-corrected chi connectivity index (χ0v) is 13.7. The number of aryl methyl sites for hydroxylation is 3. The van der Waals surface area contributed by atoms with Crippen molar-refractivity contribution < 1.29 is 4.79 Å². The van der Waals surface area contributed by atoms with Crippen molar-refractivity contribution in [3.05, 3.63) is 59.2 Å². The molecule has 1 amide bonds. The van der Waals surface area contributed by atoms with Gasteiger partial charge in [0, 0.05) is 11.4 Å². The van der Waals surface area contributed by atoms with Gasteiger partial charge in [-0.15, -0.1) is 0 Å². The molecule has 0 bridgehead atoms. The Balaban J connectivity index is 2.06. The molecule has 2 aromatic rings. The predicted octanol–water partition coefficient (Wildman–Crippen LogP) is 4.30. The summed E-state index contributed by atoms with van der Waals surface area (Å²) in [5.74, 6) is -0.0284. The van der Waals surface area contributed by atoms with Gasteiger partial charge in [0.15, 0.2) is 0 Å². The van der Waals surface area contributed by atoms with Crippen LogP contribution in [0.3, 0.4) is 0 Å². The first-order chi connectivity index (χ1) is 10.5. The molecule has 1 unspecified atom stereocenters. The molecule has 3 nitrogen and oxygen atoms in total. The molecule has 3 heteroatoms. The van der Waals surface area contributed by atoms with Crippen molar-refractivity contribution in [3.63, 3.8) is 0 Å². The molecule has 116 valence electrons. The van der Waals surface area contributed by atoms with E-state index in [-0.39, 0.29) is 11.9 Å². The molecule has 0 saturated carbocycles. The number of anilines is 2. The lowest BCUT2D eigenvalue weighted by molar-refractivity contribution is -0.116. The van der Waals surface area contributed by atoms with Gasteiger partial charge in [-0.1, -0.05) is 37.3 Å². The van der Waals surface area contributed by atoms with Crippen LogP contribution in [0.5, 0.6) is 0 Å². The van der Waals surface area contributed by atoms with Crippen LogP contribution in [0, 0.1) is 13.8 Å². The van der Waals surface area contributed by atoms with E-state index in [1.807, 2.05) is 51.1 Å². The zero-order chi connectivity index (χ0) is 16.1. The number of hydrogen-bond donors (Lipinski definition) is 2. The molecule has 0 spiro atoms. The van der Waals surface area contributed by atoms with Crippen LogP contribution in [0.2, 0.25) is 0 Å². The predicted molar refractivity (Wildman–Crippen MR) is 93.5 cm³/mol. The minimum atomic E-state index is -0.300. The highest BCUT2D eigenvalue weighted by molar-refractivity contribution is 5.97. The maximum absolute atomic E-state index is 12.4. The van der Waals surface area contributed by atoms with Crippen LogP contribution >= 0.6 is 0 Å². The van der Waals surface area contributed by atoms with E-state index in [1.54, 1.807) is 0 Å². The Labute approximate surface area is 132 Å². The van der Waals surface area contributed by atoms with Crippen LogP contribution in [-0.2, 0) is 11.2 Å². The van der Waals surface area contributed by atoms with Crippen molar-refractivity contribution in [2.24, 2.45) is 0 Å². The Morgan fingerprint density at radius 3 is 2.36 bits per heavy atom. The molecule has 0 aliphatic carbocycles. The minimum Gasteiger partial charge on any atom is -0.374 e. The third-order valence-electron chi connectivity index (χ3n) is 3.84. The summed E-state index contributed by atoms with van der Waals surface area (Å²) >= 11 is 0. The van der Waals surface area contributed by atoms with E-state index in [0.717, 1.165) is 28.9 Å². The van der Waals surface area contributed by atoms with Gasteiger partial charge in [0.25, 0.3) is 0 Å². The van der Waals surface area contributed by atoms with Gasteiger partial charge in [-0.3, -0.25) is 4.79 Å². The van der Waals surface area contributed by atoms with E-state index in [2.05, 4.69) is 29.7 Å². The minimum absolute atomic E-state index is 0.0284. The average Bonchev–Trinajstić information content (AvgIpc) is 2.51. The van der Waals surface area contributed by atoms with Crippen LogP contribution in [0.1, 0.15) is 30.5 Å². The fourth-order valence-electron chi connectivity index (χ4n) is 2.44. The van der Waals surface area contributed by atoms with Gasteiger partial charge in [0.05, 0.1) is 0 Å². The van der Waals surface area contributed by atoms with Gasteiger partial charge >= 0.3 is 0 Å². The van der Waals surface area contributed by atoms with Crippen LogP contribution in [0.4, 0.5) is 11.4 Å². The van der Waals surface area contributed by atoms with E-state index in [1.165, 1.54) is 5.56 Å². The van der Waals surface area contributed by atoms with E-state index >= 15 is 0 Å². The molecule has 0 heterocycles. The Morgan fingerprint density at radius 1 is 1.09 bits per heavy atom. The first-order valence-electron chi connectivity index (χ1n) is 7.73. The fourth-order valence-corrected chi connectivity index (χ4v) is 2.44. The second kappa shape index (κ2) is 7.12. The largest absolute Gasteiger partial charge is 0.374 e. The molecule has 2 rings (SSSR count). The number of nitrogens with one attached hydrogen (secondary N) is 2. The standard InChI is InChI=1S/C19H24N2O/c1-5-16-10-7-11-17(12-16)20-15(4)19(22)21-18-13(2)8-6-9-14(18)3/h6-12,15,20H,5H2,1-4H3,(H,21,22). The van der Waals surface area contributed by atoms with Crippen LogP contribution in [0.15, 0.2) is 42.5 Å². The number of carbonyl (C=O) groups is 1. The van der Waals surface area contributed by atoms with E-state index < -0.39 is 0 Å². The maximum atomic E-state index is 12.4. The molecule has 2 aromatic carbocycles. The average molecular weight is 296 g/mol. The van der Waals surface area contributed by atoms with E-state index in [4.69, 9.17) is 0 Å². The summed E-state index contributed by atoms with van der Waals surface area (Å²) in [6, 6.07) is 13.9. The summed E-state index contributed by atoms with van der Waals surface area (Å²) in [7, 11) is 0. The number of rotatable bonds is 5. The second-order valence-electron chi connectivity index (χ2n) is 5.68. The van der Waals surface area contributed by atoms with Crippen LogP contribution in [0.25, 0.3) is 0 Å². The summed E-state index contributed by atoms with van der Waals surface area (Å²) < 4.78 is 0. The molecule has 0 saturated heterocycles. The smallest absolute Gasteiger partial charge is 0.246 e. The monoisotopic (exact) mass is 296 g/mol. The highest BCUT2D eigenvalue weighted by atomic mass is 16.2. The number of para-hydroxylation sites is 1. The lowest BCUT2D eigenvalue weighted by atomic mass is 10.1. The van der Waals surface area contributed by atoms with Gasteiger partial charge in [-0.05, 0) is 56.0 Å². The number of benzene rings is 2. The lowest BCUT2D eigenvalue weighted by Gasteiger charge is -2.18. The molecule has 0 aliphatic heterocycles. The van der Waals surface area contributed by atoms with Crippen molar-refractivity contribution in [2.45, 2.75) is 40.2 Å². The molecule has 2 N–H and O–H groups in total. The molecule has 0 aliphatic rings. The van der Waals surface area contributed by atoms with Gasteiger partial charge in [0.1, 0.15) is 6.04 Å². The van der Waals surface area contributed by atoms with Crippen LogP contribution in [-0.4, -0.2) is 11.9 Å². The summed E-state index contributed by atoms with van der Waals surface area (Å²) in [6.07, 6.45) is 0.985. The van der Waals surface area contributed by atoms with Crippen molar-refractivity contribution >= 4 is 17.3 Å². The SMILES string of the molecule is CCc1cccc(NC(C)C(=O)Nc2c(C)cccc2C)c1. The Hall–Kier alpha value is -2.29. The highest BCUT2D eigenvalue weighted by Crippen LogP contribution is 2.20. The second-order valence-corrected chi connectivity index (χ2v) is 5.68. The summed E-state index contributed by atoms with van der Waals surface area (Å²) in [6.45, 7) is 8.01. The third kappa shape index (κ3) is 3.88. The first-order valence-corrected chi connectivity index (χ1v) is 7.73. The molecule has 0 aromatic heterocycles. The zero-order valence-electron chi connectivity index (χ0n) is 13.7. The molecule has 0 radical (unpaired) electrons. The normalized spacial score (nSPS) is 11.8. The van der Waals surface area contributed by atoms with Crippen molar-refractivity contribution in [1.29, 1.82) is 0 Å². The number of amides is 1. The lowest BCUT2D eigenvalue weighted by Crippen LogP contribution is -2.32. The van der Waals surface area contributed by atoms with Crippen molar-refractivity contribution in [3.8, 4) is 0 Å². The quantitative estimate of drug-likeness (QED) is 0.863. The van der Waals surface area contributed by atoms with E-state index in [0.29, 0.717) is 0 Å². The maximum Gasteiger partial charge on any atom is 0.246 e. The Kier molecular flexibility index (Phi) is 5.21. The number of carbonyl (C=O) groups excluding carboxylic acids is 1. The summed E-state index contributed by atoms with van der Waals surface area (Å²) in [5, 5.41) is 6.29. The van der Waals surface area contributed by atoms with Gasteiger partial charge in [-0.25, -0.2) is 0 Å². The highest BCUT2D eigenvalue weighted by Gasteiger charge is 2.14. The van der Waals surface area contributed by atoms with Gasteiger partial charge in [0.2, 0.25) is 5.91 Å². The van der Waals surface area contributed by atoms with E-state index in [9.17, 15) is 4.79 Å². The van der Waals surface area contributed by atoms with Crippen molar-refractivity contribution in [2.75, 3.05) is 10.6 Å². The Bertz CT molecular complexity index is 644. The third-order valence-corrected chi connectivity index (χ3v) is 3.84. The van der Waals surface area contributed by atoms with Gasteiger partial charge in [-0.2, -0.15) is 0 Å². The topological polar surface area (TPSA) is 41.1 Å². The molecule has 0 fully saturated rings. The molecule has 22 heavy (non-hydrogen) atoms. The molecule has 1 atom stereocenters. The molecular weight excluding hydrogens is 272 g/mol. The summed E-state index contributed by atoms with van der Waals surface area (Å²) in [5.41, 5.74) is 5.29. The first kappa shape index (κ1) is 16.1. The fraction of sp³-hybridized carbons (Fsp3) is 0.316. The molecular formula is C19H24N2O. The Morgan fingerprint density at radius 2 is 1.73 bits per heavy atom. The summed E-state index contributed by atoms with van der Waals surface area (Å²) in [4.78, 5) is 12.4.